The van der Waals surface area contributed by atoms with Gasteiger partial charge in [0.05, 0.1) is 12.2 Å². The van der Waals surface area contributed by atoms with Crippen LogP contribution < -0.4 is 5.43 Å². The molecule has 1 aliphatic heterocycles. The molecule has 0 unspecified atom stereocenters. The monoisotopic (exact) mass is 219 g/mol. The first-order valence-electron chi connectivity index (χ1n) is 4.71. The number of hydrazone groups is 1. The van der Waals surface area contributed by atoms with E-state index in [4.69, 9.17) is 0 Å². The zero-order valence-corrected chi connectivity index (χ0v) is 8.34. The Morgan fingerprint density at radius 2 is 2.44 bits per heavy atom. The van der Waals surface area contributed by atoms with E-state index in [1.165, 1.54) is 6.20 Å². The van der Waals surface area contributed by atoms with Gasteiger partial charge in [0.15, 0.2) is 0 Å². The van der Waals surface area contributed by atoms with E-state index < -0.39 is 11.9 Å². The zero-order valence-electron chi connectivity index (χ0n) is 8.34. The molecule has 82 valence electrons. The first-order valence-corrected chi connectivity index (χ1v) is 4.71. The van der Waals surface area contributed by atoms with Crippen molar-refractivity contribution in [2.45, 2.75) is 6.42 Å². The summed E-state index contributed by atoms with van der Waals surface area (Å²) in [6.45, 7) is 0.320. The average Bonchev–Trinajstić information content (AvgIpc) is 2.73. The van der Waals surface area contributed by atoms with Crippen molar-refractivity contribution in [3.05, 3.63) is 30.1 Å². The third-order valence-electron chi connectivity index (χ3n) is 2.02. The van der Waals surface area contributed by atoms with Gasteiger partial charge in [-0.3, -0.25) is 9.78 Å². The van der Waals surface area contributed by atoms with Crippen LogP contribution in [0.1, 0.15) is 16.8 Å². The molecule has 1 fully saturated rings. The topological polar surface area (TPSA) is 80.6 Å². The summed E-state index contributed by atoms with van der Waals surface area (Å²) in [7, 11) is 0. The summed E-state index contributed by atoms with van der Waals surface area (Å²) in [6.07, 6.45) is 3.41. The molecule has 2 rings (SSSR count). The zero-order chi connectivity index (χ0) is 11.4. The molecule has 0 aliphatic carbocycles. The molecule has 2 heterocycles. The number of esters is 1. The quantitative estimate of drug-likeness (QED) is 0.565. The van der Waals surface area contributed by atoms with Crippen LogP contribution in [-0.4, -0.2) is 29.2 Å². The summed E-state index contributed by atoms with van der Waals surface area (Å²) in [4.78, 5) is 26.3. The number of nitrogens with one attached hydrogen (secondary N) is 1. The predicted molar refractivity (Wildman–Crippen MR) is 54.7 cm³/mol. The van der Waals surface area contributed by atoms with Gasteiger partial charge in [-0.2, -0.15) is 5.10 Å². The van der Waals surface area contributed by atoms with Crippen LogP contribution in [0.2, 0.25) is 0 Å². The fourth-order valence-corrected chi connectivity index (χ4v) is 1.21. The SMILES string of the molecule is O=C1OCC/C1=N/NC(=O)c1cccnc1. The smallest absolute Gasteiger partial charge is 0.354 e. The van der Waals surface area contributed by atoms with E-state index in [-0.39, 0.29) is 5.71 Å². The van der Waals surface area contributed by atoms with Crippen molar-refractivity contribution in [2.75, 3.05) is 6.61 Å². The highest BCUT2D eigenvalue weighted by molar-refractivity contribution is 6.37. The van der Waals surface area contributed by atoms with Crippen LogP contribution in [-0.2, 0) is 9.53 Å². The Bertz CT molecular complexity index is 442. The number of carbonyl (C=O) groups is 2. The molecule has 1 saturated heterocycles. The predicted octanol–water partition coefficient (Wildman–Crippen LogP) is 0.114. The molecule has 1 aromatic rings. The van der Waals surface area contributed by atoms with Gasteiger partial charge in [-0.15, -0.1) is 0 Å². The molecule has 0 aromatic carbocycles. The molecule has 0 spiro atoms. The van der Waals surface area contributed by atoms with Crippen molar-refractivity contribution in [1.82, 2.24) is 10.4 Å². The van der Waals surface area contributed by atoms with Crippen molar-refractivity contribution in [1.29, 1.82) is 0 Å². The first kappa shape index (κ1) is 10.3. The molecular weight excluding hydrogens is 210 g/mol. The maximum Gasteiger partial charge on any atom is 0.354 e. The number of ether oxygens (including phenoxy) is 1. The lowest BCUT2D eigenvalue weighted by atomic mass is 10.3. The van der Waals surface area contributed by atoms with E-state index in [0.29, 0.717) is 18.6 Å². The van der Waals surface area contributed by atoms with Gasteiger partial charge >= 0.3 is 5.97 Å². The van der Waals surface area contributed by atoms with Gasteiger partial charge in [-0.25, -0.2) is 10.2 Å². The number of rotatable bonds is 2. The Kier molecular flexibility index (Phi) is 2.90. The number of amides is 1. The summed E-state index contributed by atoms with van der Waals surface area (Å²) < 4.78 is 4.67. The van der Waals surface area contributed by atoms with E-state index in [2.05, 4.69) is 20.2 Å². The molecule has 0 atom stereocenters. The number of cyclic esters (lactones) is 1. The molecule has 0 radical (unpaired) electrons. The number of carbonyl (C=O) groups excluding carboxylic acids is 2. The minimum atomic E-state index is -0.480. The van der Waals surface area contributed by atoms with Gasteiger partial charge in [0, 0.05) is 18.8 Å². The molecule has 1 aliphatic rings. The minimum Gasteiger partial charge on any atom is -0.461 e. The Labute approximate surface area is 91.3 Å². The maximum atomic E-state index is 11.5. The Hall–Kier alpha value is -2.24. The van der Waals surface area contributed by atoms with Gasteiger partial charge in [0.25, 0.3) is 5.91 Å². The standard InChI is InChI=1S/C10H9N3O3/c14-9(7-2-1-4-11-6-7)13-12-8-3-5-16-10(8)15/h1-2,4,6H,3,5H2,(H,13,14)/b12-8-. The number of hydrogen-bond donors (Lipinski definition) is 1. The molecule has 0 saturated carbocycles. The lowest BCUT2D eigenvalue weighted by Gasteiger charge is -1.98. The molecule has 16 heavy (non-hydrogen) atoms. The number of pyridine rings is 1. The number of nitrogens with zero attached hydrogens (tertiary/aromatic N) is 2. The second kappa shape index (κ2) is 4.52. The van der Waals surface area contributed by atoms with Gasteiger partial charge in [-0.05, 0) is 12.1 Å². The van der Waals surface area contributed by atoms with E-state index >= 15 is 0 Å². The molecule has 1 aromatic heterocycles. The summed E-state index contributed by atoms with van der Waals surface area (Å²) >= 11 is 0. The van der Waals surface area contributed by atoms with Gasteiger partial charge in [0.1, 0.15) is 5.71 Å². The highest BCUT2D eigenvalue weighted by Gasteiger charge is 2.21. The summed E-state index contributed by atoms with van der Waals surface area (Å²) in [5.74, 6) is -0.883. The van der Waals surface area contributed by atoms with E-state index in [1.54, 1.807) is 18.3 Å². The molecule has 1 amide bonds. The van der Waals surface area contributed by atoms with Crippen LogP contribution in [0.3, 0.4) is 0 Å². The van der Waals surface area contributed by atoms with Crippen LogP contribution in [0, 0.1) is 0 Å². The van der Waals surface area contributed by atoms with Crippen molar-refractivity contribution in [3.63, 3.8) is 0 Å². The maximum absolute atomic E-state index is 11.5. The van der Waals surface area contributed by atoms with Crippen molar-refractivity contribution in [2.24, 2.45) is 5.10 Å². The fraction of sp³-hybridized carbons (Fsp3) is 0.200. The van der Waals surface area contributed by atoms with Gasteiger partial charge in [0.2, 0.25) is 0 Å². The van der Waals surface area contributed by atoms with Crippen LogP contribution in [0.5, 0.6) is 0 Å². The lowest BCUT2D eigenvalue weighted by Crippen LogP contribution is -2.21. The minimum absolute atomic E-state index is 0.234. The van der Waals surface area contributed by atoms with Crippen molar-refractivity contribution >= 4 is 17.6 Å². The van der Waals surface area contributed by atoms with Gasteiger partial charge in [-0.1, -0.05) is 0 Å². The van der Waals surface area contributed by atoms with E-state index in [9.17, 15) is 9.59 Å². The Morgan fingerprint density at radius 3 is 3.06 bits per heavy atom. The molecule has 0 bridgehead atoms. The molecule has 6 nitrogen and oxygen atoms in total. The second-order valence-electron chi connectivity index (χ2n) is 3.13. The van der Waals surface area contributed by atoms with Crippen molar-refractivity contribution < 1.29 is 14.3 Å². The molecular formula is C10H9N3O3. The van der Waals surface area contributed by atoms with Crippen LogP contribution in [0.15, 0.2) is 29.6 Å². The third-order valence-corrected chi connectivity index (χ3v) is 2.02. The lowest BCUT2D eigenvalue weighted by molar-refractivity contribution is -0.132. The average molecular weight is 219 g/mol. The third kappa shape index (κ3) is 2.22. The highest BCUT2D eigenvalue weighted by Crippen LogP contribution is 2.01. The van der Waals surface area contributed by atoms with Crippen LogP contribution >= 0.6 is 0 Å². The highest BCUT2D eigenvalue weighted by atomic mass is 16.5. The molecule has 6 heteroatoms. The van der Waals surface area contributed by atoms with Crippen LogP contribution in [0.4, 0.5) is 0 Å². The van der Waals surface area contributed by atoms with E-state index in [0.717, 1.165) is 0 Å². The second-order valence-corrected chi connectivity index (χ2v) is 3.13. The largest absolute Gasteiger partial charge is 0.461 e. The summed E-state index contributed by atoms with van der Waals surface area (Å²) in [5.41, 5.74) is 2.90. The van der Waals surface area contributed by atoms with Gasteiger partial charge < -0.3 is 4.74 Å². The summed E-state index contributed by atoms with van der Waals surface area (Å²) in [6, 6.07) is 3.25. The Morgan fingerprint density at radius 1 is 1.56 bits per heavy atom. The number of hydrogen-bond acceptors (Lipinski definition) is 5. The normalized spacial score (nSPS) is 17.2. The first-order chi connectivity index (χ1) is 7.77. The van der Waals surface area contributed by atoms with Crippen LogP contribution in [0.25, 0.3) is 0 Å². The molecule has 1 N–H and O–H groups in total. The van der Waals surface area contributed by atoms with E-state index in [1.807, 2.05) is 0 Å². The Balaban J connectivity index is 2.01. The fourth-order valence-electron chi connectivity index (χ4n) is 1.21. The number of aromatic nitrogens is 1. The van der Waals surface area contributed by atoms with Crippen molar-refractivity contribution in [3.8, 4) is 0 Å². The summed E-state index contributed by atoms with van der Waals surface area (Å²) in [5, 5.41) is 3.70.